The summed E-state index contributed by atoms with van der Waals surface area (Å²) in [4.78, 5) is 33.8. The molecule has 0 bridgehead atoms. The van der Waals surface area contributed by atoms with Crippen LogP contribution < -0.4 is 15.0 Å². The minimum atomic E-state index is -0.461. The molecule has 2 amide bonds. The van der Waals surface area contributed by atoms with Crippen molar-refractivity contribution in [2.75, 3.05) is 58.4 Å². The summed E-state index contributed by atoms with van der Waals surface area (Å²) in [6.45, 7) is 8.61. The Bertz CT molecular complexity index is 1430. The molecule has 2 aliphatic rings. The van der Waals surface area contributed by atoms with Gasteiger partial charge in [0.05, 0.1) is 31.3 Å². The van der Waals surface area contributed by atoms with Crippen LogP contribution in [0.25, 0.3) is 10.8 Å². The van der Waals surface area contributed by atoms with Crippen molar-refractivity contribution in [2.45, 2.75) is 49.0 Å². The summed E-state index contributed by atoms with van der Waals surface area (Å²) in [5, 5.41) is 5.27. The quantitative estimate of drug-likeness (QED) is 0.161. The van der Waals surface area contributed by atoms with Crippen LogP contribution in [-0.4, -0.2) is 97.6 Å². The lowest BCUT2D eigenvalue weighted by molar-refractivity contribution is -0.0315. The number of amides is 2. The molecule has 0 spiro atoms. The predicted molar refractivity (Wildman–Crippen MR) is 187 cm³/mol. The zero-order valence-corrected chi connectivity index (χ0v) is 28.8. The molecule has 0 saturated carbocycles. The number of halogens is 1. The molecule has 2 heterocycles. The topological polar surface area (TPSA) is 83.6 Å². The first-order chi connectivity index (χ1) is 21.7. The summed E-state index contributed by atoms with van der Waals surface area (Å²) in [7, 11) is 3.34. The van der Waals surface area contributed by atoms with E-state index in [4.69, 9.17) is 14.2 Å². The number of carbonyl (C=O) groups is 2. The maximum Gasteiger partial charge on any atom is 0.338 e. The number of nitrogens with one attached hydrogen (secondary N) is 1. The van der Waals surface area contributed by atoms with Crippen molar-refractivity contribution in [3.8, 4) is 5.75 Å². The van der Waals surface area contributed by atoms with Crippen molar-refractivity contribution >= 4 is 51.1 Å². The van der Waals surface area contributed by atoms with E-state index in [1.54, 1.807) is 19.1 Å². The van der Waals surface area contributed by atoms with Crippen LogP contribution in [0.15, 0.2) is 66.7 Å². The van der Waals surface area contributed by atoms with Gasteiger partial charge in [-0.1, -0.05) is 44.2 Å². The number of piperazine rings is 1. The van der Waals surface area contributed by atoms with Gasteiger partial charge in [-0.15, -0.1) is 0 Å². The van der Waals surface area contributed by atoms with Crippen molar-refractivity contribution in [2.24, 2.45) is 5.92 Å². The third-order valence-electron chi connectivity index (χ3n) is 8.85. The van der Waals surface area contributed by atoms with Gasteiger partial charge in [-0.05, 0) is 88.5 Å². The number of hydrogen-bond acceptors (Lipinski definition) is 7. The zero-order chi connectivity index (χ0) is 31.9. The molecule has 1 N–H and O–H groups in total. The fourth-order valence-electron chi connectivity index (χ4n) is 6.40. The molecule has 0 radical (unpaired) electrons. The fraction of sp³-hybridized carbons (Fsp3) is 0.486. The Kier molecular flexibility index (Phi) is 11.4. The third-order valence-corrected chi connectivity index (χ3v) is 10.2. The van der Waals surface area contributed by atoms with E-state index in [0.29, 0.717) is 24.6 Å². The van der Waals surface area contributed by atoms with E-state index >= 15 is 0 Å². The predicted octanol–water partition coefficient (Wildman–Crippen LogP) is 5.80. The van der Waals surface area contributed by atoms with Gasteiger partial charge in [-0.2, -0.15) is 0 Å². The summed E-state index contributed by atoms with van der Waals surface area (Å²) in [6, 6.07) is 21.5. The zero-order valence-electron chi connectivity index (χ0n) is 26.7. The molecule has 2 unspecified atom stereocenters. The van der Waals surface area contributed by atoms with Crippen molar-refractivity contribution in [3.05, 3.63) is 72.3 Å². The van der Waals surface area contributed by atoms with Crippen LogP contribution in [0.1, 0.15) is 37.0 Å². The highest BCUT2D eigenvalue weighted by molar-refractivity contribution is 14.1. The number of carbonyl (C=O) groups excluding carboxylic acids is 2. The molecule has 4 atom stereocenters. The minimum Gasteiger partial charge on any atom is -0.497 e. The maximum atomic E-state index is 13.6. The van der Waals surface area contributed by atoms with Gasteiger partial charge in [0.15, 0.2) is 0 Å². The van der Waals surface area contributed by atoms with Crippen LogP contribution in [0.2, 0.25) is 0 Å². The number of ether oxygens (including phenoxy) is 3. The Hall–Kier alpha value is -3.09. The van der Waals surface area contributed by atoms with Crippen molar-refractivity contribution in [1.82, 2.24) is 15.1 Å². The number of nitrogens with zero attached hydrogens (tertiary/aromatic N) is 3. The molecule has 2 fully saturated rings. The van der Waals surface area contributed by atoms with Gasteiger partial charge >= 0.3 is 12.0 Å². The maximum absolute atomic E-state index is 13.6. The van der Waals surface area contributed by atoms with Crippen LogP contribution in [0.4, 0.5) is 10.5 Å². The Labute approximate surface area is 280 Å². The van der Waals surface area contributed by atoms with Crippen molar-refractivity contribution in [1.29, 1.82) is 0 Å². The van der Waals surface area contributed by atoms with Gasteiger partial charge < -0.3 is 29.3 Å². The van der Waals surface area contributed by atoms with Crippen molar-refractivity contribution in [3.63, 3.8) is 0 Å². The summed E-state index contributed by atoms with van der Waals surface area (Å²) in [6.07, 6.45) is 1.07. The van der Waals surface area contributed by atoms with E-state index in [-0.39, 0.29) is 28.2 Å². The molecule has 9 nitrogen and oxygen atoms in total. The lowest BCUT2D eigenvalue weighted by Gasteiger charge is -2.46. The van der Waals surface area contributed by atoms with Crippen LogP contribution in [0.3, 0.4) is 0 Å². The highest BCUT2D eigenvalue weighted by Crippen LogP contribution is 2.27. The third kappa shape index (κ3) is 8.39. The molecule has 5 rings (SSSR count). The number of benzene rings is 3. The monoisotopic (exact) mass is 728 g/mol. The summed E-state index contributed by atoms with van der Waals surface area (Å²) in [5.41, 5.74) is 1.69. The first-order valence-electron chi connectivity index (χ1n) is 15.8. The van der Waals surface area contributed by atoms with E-state index in [1.165, 1.54) is 5.69 Å². The second-order valence-corrected chi connectivity index (χ2v) is 13.5. The Morgan fingerprint density at radius 2 is 1.64 bits per heavy atom. The van der Waals surface area contributed by atoms with Crippen molar-refractivity contribution < 1.29 is 23.8 Å². The number of alkyl halides is 1. The first-order valence-corrected chi connectivity index (χ1v) is 17.1. The lowest BCUT2D eigenvalue weighted by Crippen LogP contribution is -2.62. The number of rotatable bonds is 10. The Morgan fingerprint density at radius 3 is 2.31 bits per heavy atom. The number of urea groups is 1. The van der Waals surface area contributed by atoms with Gasteiger partial charge in [0.25, 0.3) is 0 Å². The highest BCUT2D eigenvalue weighted by Gasteiger charge is 2.39. The van der Waals surface area contributed by atoms with Crippen LogP contribution in [0.5, 0.6) is 5.75 Å². The summed E-state index contributed by atoms with van der Waals surface area (Å²) >= 11 is 2.24. The number of esters is 1. The molecule has 242 valence electrons. The number of anilines is 1. The fourth-order valence-corrected chi connectivity index (χ4v) is 6.88. The number of piperidine rings is 1. The Morgan fingerprint density at radius 1 is 0.933 bits per heavy atom. The van der Waals surface area contributed by atoms with Gasteiger partial charge in [0, 0.05) is 45.5 Å². The smallest absolute Gasteiger partial charge is 0.338 e. The average molecular weight is 729 g/mol. The van der Waals surface area contributed by atoms with Gasteiger partial charge in [0.1, 0.15) is 16.0 Å². The molecule has 10 heteroatoms. The van der Waals surface area contributed by atoms with E-state index in [9.17, 15) is 9.59 Å². The number of likely N-dealkylation sites (tertiary alicyclic amines) is 1. The van der Waals surface area contributed by atoms with E-state index in [2.05, 4.69) is 63.7 Å². The standard InChI is InChI=1S/C35H45IN4O5/c1-24(2)21-30(33(36)44-4)37-35(42)40-16-15-31(39-19-17-38(18-20-39)28-11-13-29(43-3)14-12-28)32(23-40)45-34(41)27-10-9-25-7-5-6-8-26(25)22-27/h5-14,22,24,30-33H,15-21,23H2,1-4H3,(H,37,42)/t30?,31-,32-,33?/m1/s1. The Balaban J connectivity index is 1.30. The molecule has 0 aromatic heterocycles. The number of fused-ring (bicyclic) bond motifs is 1. The average Bonchev–Trinajstić information content (AvgIpc) is 3.07. The summed E-state index contributed by atoms with van der Waals surface area (Å²) in [5.74, 6) is 0.885. The second-order valence-electron chi connectivity index (χ2n) is 12.3. The second kappa shape index (κ2) is 15.5. The molecule has 45 heavy (non-hydrogen) atoms. The van der Waals surface area contributed by atoms with Gasteiger partial charge in [-0.3, -0.25) is 4.90 Å². The van der Waals surface area contributed by atoms with Crippen LogP contribution in [-0.2, 0) is 9.47 Å². The molecular formula is C35H45IN4O5. The van der Waals surface area contributed by atoms with E-state index < -0.39 is 6.10 Å². The number of hydrogen-bond donors (Lipinski definition) is 1. The molecular weight excluding hydrogens is 683 g/mol. The van der Waals surface area contributed by atoms with E-state index in [1.807, 2.05) is 54.6 Å². The summed E-state index contributed by atoms with van der Waals surface area (Å²) < 4.78 is 17.0. The highest BCUT2D eigenvalue weighted by atomic mass is 127. The SMILES string of the molecule is COc1ccc(N2CCN([C@@H]3CCN(C(=O)NC(CC(C)C)C(I)OC)C[C@H]3OC(=O)c3ccc4ccccc4c3)CC2)cc1. The van der Waals surface area contributed by atoms with Crippen LogP contribution >= 0.6 is 22.6 Å². The first kappa shape index (κ1) is 33.3. The lowest BCUT2D eigenvalue weighted by atomic mass is 9.98. The molecule has 0 aliphatic carbocycles. The largest absolute Gasteiger partial charge is 0.497 e. The van der Waals surface area contributed by atoms with E-state index in [0.717, 1.165) is 55.5 Å². The molecule has 2 saturated heterocycles. The minimum absolute atomic E-state index is 0.0132. The molecule has 2 aliphatic heterocycles. The number of methoxy groups -OCH3 is 2. The van der Waals surface area contributed by atoms with Gasteiger partial charge in [-0.25, -0.2) is 9.59 Å². The van der Waals surface area contributed by atoms with Gasteiger partial charge in [0.2, 0.25) is 0 Å². The molecule has 3 aromatic carbocycles. The molecule has 3 aromatic rings. The van der Waals surface area contributed by atoms with Crippen LogP contribution in [0, 0.1) is 5.92 Å². The normalized spacial score (nSPS) is 20.6.